The molecule has 0 aromatic heterocycles. The maximum Gasteiger partial charge on any atom is 0.416 e. The first-order chi connectivity index (χ1) is 15.7. The van der Waals surface area contributed by atoms with E-state index in [2.05, 4.69) is 0 Å². The van der Waals surface area contributed by atoms with Crippen molar-refractivity contribution in [1.29, 1.82) is 0 Å². The van der Waals surface area contributed by atoms with Crippen LogP contribution >= 0.6 is 0 Å². The third-order valence-corrected chi connectivity index (χ3v) is 5.88. The molecule has 2 aliphatic rings. The number of carbonyl (C=O) groups is 1. The first-order valence-corrected chi connectivity index (χ1v) is 10.6. The normalized spacial score (nSPS) is 17.2. The summed E-state index contributed by atoms with van der Waals surface area (Å²) in [4.78, 5) is 29.4. The number of anilines is 2. The third kappa shape index (κ3) is 5.03. The molecule has 0 atom stereocenters. The van der Waals surface area contributed by atoms with Crippen molar-refractivity contribution < 1.29 is 27.6 Å². The Morgan fingerprint density at radius 1 is 0.939 bits per heavy atom. The van der Waals surface area contributed by atoms with Crippen LogP contribution in [0.25, 0.3) is 0 Å². The van der Waals surface area contributed by atoms with Gasteiger partial charge in [-0.25, -0.2) is 0 Å². The van der Waals surface area contributed by atoms with Crippen molar-refractivity contribution in [1.82, 2.24) is 4.90 Å². The zero-order chi connectivity index (χ0) is 23.6. The van der Waals surface area contributed by atoms with E-state index < -0.39 is 16.7 Å². The van der Waals surface area contributed by atoms with Gasteiger partial charge in [0.25, 0.3) is 11.6 Å². The number of nitro benzene ring substituents is 1. The maximum absolute atomic E-state index is 13.0. The van der Waals surface area contributed by atoms with Gasteiger partial charge in [-0.2, -0.15) is 13.2 Å². The molecule has 2 aromatic carbocycles. The summed E-state index contributed by atoms with van der Waals surface area (Å²) in [6.07, 6.45) is -4.42. The number of hydrogen-bond donors (Lipinski definition) is 0. The number of halogens is 3. The van der Waals surface area contributed by atoms with Crippen molar-refractivity contribution in [2.45, 2.75) is 6.18 Å². The average Bonchev–Trinajstić information content (AvgIpc) is 2.83. The zero-order valence-corrected chi connectivity index (χ0v) is 17.8. The van der Waals surface area contributed by atoms with E-state index in [4.69, 9.17) is 4.74 Å². The van der Waals surface area contributed by atoms with E-state index in [0.29, 0.717) is 63.9 Å². The summed E-state index contributed by atoms with van der Waals surface area (Å²) >= 11 is 0. The van der Waals surface area contributed by atoms with Crippen molar-refractivity contribution >= 4 is 23.0 Å². The molecule has 176 valence electrons. The van der Waals surface area contributed by atoms with Crippen LogP contribution in [-0.4, -0.2) is 68.2 Å². The van der Waals surface area contributed by atoms with Gasteiger partial charge in [0.2, 0.25) is 0 Å². The van der Waals surface area contributed by atoms with Gasteiger partial charge in [-0.3, -0.25) is 14.9 Å². The minimum atomic E-state index is -4.42. The fourth-order valence-corrected chi connectivity index (χ4v) is 4.10. The number of benzene rings is 2. The fraction of sp³-hybridized carbons (Fsp3) is 0.409. The van der Waals surface area contributed by atoms with Crippen molar-refractivity contribution in [2.24, 2.45) is 0 Å². The number of hydrogen-bond acceptors (Lipinski definition) is 6. The lowest BCUT2D eigenvalue weighted by atomic mass is 10.1. The van der Waals surface area contributed by atoms with E-state index in [1.54, 1.807) is 28.0 Å². The van der Waals surface area contributed by atoms with Crippen LogP contribution < -0.4 is 9.80 Å². The predicted molar refractivity (Wildman–Crippen MR) is 116 cm³/mol. The second kappa shape index (κ2) is 9.26. The average molecular weight is 464 g/mol. The Bertz CT molecular complexity index is 1030. The largest absolute Gasteiger partial charge is 0.416 e. The summed E-state index contributed by atoms with van der Waals surface area (Å²) in [5.41, 5.74) is 0.263. The van der Waals surface area contributed by atoms with Crippen molar-refractivity contribution in [2.75, 3.05) is 62.3 Å². The number of ether oxygens (including phenoxy) is 1. The molecule has 11 heteroatoms. The van der Waals surface area contributed by atoms with Crippen LogP contribution in [0.2, 0.25) is 0 Å². The van der Waals surface area contributed by atoms with Gasteiger partial charge < -0.3 is 19.4 Å². The molecule has 2 aromatic rings. The van der Waals surface area contributed by atoms with Gasteiger partial charge in [0.1, 0.15) is 5.69 Å². The number of morpholine rings is 1. The smallest absolute Gasteiger partial charge is 0.378 e. The standard InChI is InChI=1S/C22H23F3N4O4/c23-22(24,25)17-2-1-3-18(15-17)26-6-8-28(9-7-26)21(30)16-4-5-19(20(14-16)29(31)32)27-10-12-33-13-11-27/h1-5,14-15H,6-13H2. The van der Waals surface area contributed by atoms with Gasteiger partial charge in [0, 0.05) is 56.6 Å². The number of nitro groups is 1. The van der Waals surface area contributed by atoms with E-state index in [1.165, 1.54) is 12.1 Å². The number of carbonyl (C=O) groups excluding carboxylic acids is 1. The molecule has 0 spiro atoms. The number of nitrogens with zero attached hydrogens (tertiary/aromatic N) is 4. The molecule has 0 unspecified atom stereocenters. The third-order valence-electron chi connectivity index (χ3n) is 5.88. The topological polar surface area (TPSA) is 79.2 Å². The molecule has 2 saturated heterocycles. The molecule has 8 nitrogen and oxygen atoms in total. The van der Waals surface area contributed by atoms with Crippen molar-refractivity contribution in [3.8, 4) is 0 Å². The number of amides is 1. The van der Waals surface area contributed by atoms with Crippen LogP contribution in [0.1, 0.15) is 15.9 Å². The Morgan fingerprint density at radius 3 is 2.27 bits per heavy atom. The van der Waals surface area contributed by atoms with Crippen LogP contribution in [0.4, 0.5) is 30.2 Å². The highest BCUT2D eigenvalue weighted by atomic mass is 19.4. The molecule has 2 fully saturated rings. The van der Waals surface area contributed by atoms with Crippen LogP contribution in [-0.2, 0) is 10.9 Å². The summed E-state index contributed by atoms with van der Waals surface area (Å²) in [6.45, 7) is 3.35. The molecule has 4 rings (SSSR count). The zero-order valence-electron chi connectivity index (χ0n) is 17.8. The monoisotopic (exact) mass is 464 g/mol. The Kier molecular flexibility index (Phi) is 6.41. The lowest BCUT2D eigenvalue weighted by molar-refractivity contribution is -0.384. The van der Waals surface area contributed by atoms with Gasteiger partial charge in [0.05, 0.1) is 23.7 Å². The Morgan fingerprint density at radius 2 is 1.64 bits per heavy atom. The minimum Gasteiger partial charge on any atom is -0.378 e. The second-order valence-corrected chi connectivity index (χ2v) is 7.89. The first kappa shape index (κ1) is 22.8. The lowest BCUT2D eigenvalue weighted by Gasteiger charge is -2.36. The molecule has 0 N–H and O–H groups in total. The SMILES string of the molecule is O=C(c1ccc(N2CCOCC2)c([N+](=O)[O-])c1)N1CCN(c2cccc(C(F)(F)F)c2)CC1. The van der Waals surface area contributed by atoms with Crippen LogP contribution in [0.3, 0.4) is 0 Å². The maximum atomic E-state index is 13.0. The van der Waals surface area contributed by atoms with Gasteiger partial charge in [-0.1, -0.05) is 6.07 Å². The minimum absolute atomic E-state index is 0.134. The highest BCUT2D eigenvalue weighted by Gasteiger charge is 2.32. The van der Waals surface area contributed by atoms with E-state index in [-0.39, 0.29) is 17.2 Å². The molecular formula is C22H23F3N4O4. The summed E-state index contributed by atoms with van der Waals surface area (Å²) in [5.74, 6) is -0.338. The number of alkyl halides is 3. The highest BCUT2D eigenvalue weighted by Crippen LogP contribution is 2.33. The van der Waals surface area contributed by atoms with Gasteiger partial charge in [0.15, 0.2) is 0 Å². The molecule has 0 aliphatic carbocycles. The van der Waals surface area contributed by atoms with Crippen LogP contribution in [0.5, 0.6) is 0 Å². The molecule has 0 radical (unpaired) electrons. The van der Waals surface area contributed by atoms with Crippen molar-refractivity contribution in [3.05, 3.63) is 63.7 Å². The van der Waals surface area contributed by atoms with E-state index in [9.17, 15) is 28.1 Å². The van der Waals surface area contributed by atoms with Gasteiger partial charge in [-0.15, -0.1) is 0 Å². The fourth-order valence-electron chi connectivity index (χ4n) is 4.10. The van der Waals surface area contributed by atoms with Gasteiger partial charge in [-0.05, 0) is 30.3 Å². The van der Waals surface area contributed by atoms with Crippen LogP contribution in [0, 0.1) is 10.1 Å². The first-order valence-electron chi connectivity index (χ1n) is 10.6. The lowest BCUT2D eigenvalue weighted by Crippen LogP contribution is -2.48. The summed E-state index contributed by atoms with van der Waals surface area (Å²) < 4.78 is 44.3. The highest BCUT2D eigenvalue weighted by molar-refractivity contribution is 5.96. The number of piperazine rings is 1. The Hall–Kier alpha value is -3.34. The molecule has 33 heavy (non-hydrogen) atoms. The van der Waals surface area contributed by atoms with E-state index >= 15 is 0 Å². The second-order valence-electron chi connectivity index (χ2n) is 7.89. The van der Waals surface area contributed by atoms with E-state index in [1.807, 2.05) is 4.90 Å². The molecule has 1 amide bonds. The Labute approximate surface area is 188 Å². The molecule has 2 aliphatic heterocycles. The summed E-state index contributed by atoms with van der Waals surface area (Å²) in [7, 11) is 0. The van der Waals surface area contributed by atoms with Gasteiger partial charge >= 0.3 is 6.18 Å². The Balaban J connectivity index is 1.45. The quantitative estimate of drug-likeness (QED) is 0.510. The number of rotatable bonds is 4. The molecule has 0 saturated carbocycles. The summed E-state index contributed by atoms with van der Waals surface area (Å²) in [5, 5.41) is 11.6. The van der Waals surface area contributed by atoms with Crippen LogP contribution in [0.15, 0.2) is 42.5 Å². The van der Waals surface area contributed by atoms with E-state index in [0.717, 1.165) is 12.1 Å². The van der Waals surface area contributed by atoms with Crippen molar-refractivity contribution in [3.63, 3.8) is 0 Å². The summed E-state index contributed by atoms with van der Waals surface area (Å²) in [6, 6.07) is 9.58. The molecule has 0 bridgehead atoms. The molecule has 2 heterocycles. The predicted octanol–water partition coefficient (Wildman–Crippen LogP) is 3.41. The molecular weight excluding hydrogens is 441 g/mol.